The SMILES string of the molecule is CC(NC(=O)N[C@H](C(=O)O)C(C)C)C1CCCCC1. The summed E-state index contributed by atoms with van der Waals surface area (Å²) in [4.78, 5) is 22.9. The zero-order chi connectivity index (χ0) is 14.4. The van der Waals surface area contributed by atoms with Crippen LogP contribution in [-0.4, -0.2) is 29.2 Å². The van der Waals surface area contributed by atoms with Crippen molar-refractivity contribution in [3.05, 3.63) is 0 Å². The van der Waals surface area contributed by atoms with Crippen LogP contribution in [0.2, 0.25) is 0 Å². The Morgan fingerprint density at radius 1 is 1.05 bits per heavy atom. The number of carbonyl (C=O) groups excluding carboxylic acids is 1. The normalized spacial score (nSPS) is 19.8. The highest BCUT2D eigenvalue weighted by atomic mass is 16.4. The third-order valence-corrected chi connectivity index (χ3v) is 3.94. The van der Waals surface area contributed by atoms with Gasteiger partial charge in [-0.2, -0.15) is 0 Å². The van der Waals surface area contributed by atoms with Crippen molar-refractivity contribution in [1.82, 2.24) is 10.6 Å². The number of carboxylic acid groups (broad SMARTS) is 1. The smallest absolute Gasteiger partial charge is 0.326 e. The Kier molecular flexibility index (Phi) is 6.12. The second kappa shape index (κ2) is 7.36. The van der Waals surface area contributed by atoms with Crippen molar-refractivity contribution in [2.75, 3.05) is 0 Å². The first kappa shape index (κ1) is 15.8. The Morgan fingerprint density at radius 2 is 1.63 bits per heavy atom. The molecule has 1 aliphatic carbocycles. The lowest BCUT2D eigenvalue weighted by Crippen LogP contribution is -2.51. The third kappa shape index (κ3) is 5.09. The van der Waals surface area contributed by atoms with Crippen LogP contribution in [0.5, 0.6) is 0 Å². The van der Waals surface area contributed by atoms with Gasteiger partial charge in [0.2, 0.25) is 0 Å². The maximum absolute atomic E-state index is 11.8. The first-order chi connectivity index (χ1) is 8.91. The van der Waals surface area contributed by atoms with E-state index in [1.807, 2.05) is 6.92 Å². The van der Waals surface area contributed by atoms with E-state index >= 15 is 0 Å². The molecular weight excluding hydrogens is 244 g/mol. The zero-order valence-corrected chi connectivity index (χ0v) is 12.1. The van der Waals surface area contributed by atoms with E-state index < -0.39 is 12.0 Å². The van der Waals surface area contributed by atoms with E-state index in [0.29, 0.717) is 5.92 Å². The number of carboxylic acids is 1. The summed E-state index contributed by atoms with van der Waals surface area (Å²) in [7, 11) is 0. The molecule has 2 atom stereocenters. The van der Waals surface area contributed by atoms with Crippen LogP contribution in [0.15, 0.2) is 0 Å². The van der Waals surface area contributed by atoms with E-state index in [1.165, 1.54) is 19.3 Å². The Bertz CT molecular complexity index is 312. The highest BCUT2D eigenvalue weighted by Crippen LogP contribution is 2.26. The first-order valence-corrected chi connectivity index (χ1v) is 7.21. The van der Waals surface area contributed by atoms with Gasteiger partial charge in [0.05, 0.1) is 0 Å². The van der Waals surface area contributed by atoms with Crippen molar-refractivity contribution in [2.45, 2.75) is 65.0 Å². The van der Waals surface area contributed by atoms with Gasteiger partial charge in [0.25, 0.3) is 0 Å². The number of aliphatic carboxylic acids is 1. The zero-order valence-electron chi connectivity index (χ0n) is 12.1. The summed E-state index contributed by atoms with van der Waals surface area (Å²) in [6.07, 6.45) is 6.02. The standard InChI is InChI=1S/C14H26N2O3/c1-9(2)12(13(17)18)16-14(19)15-10(3)11-7-5-4-6-8-11/h9-12H,4-8H2,1-3H3,(H,17,18)(H2,15,16,19)/t10?,12-/m0/s1. The minimum atomic E-state index is -0.990. The van der Waals surface area contributed by atoms with E-state index in [4.69, 9.17) is 5.11 Å². The first-order valence-electron chi connectivity index (χ1n) is 7.21. The lowest BCUT2D eigenvalue weighted by atomic mass is 9.84. The molecule has 1 fully saturated rings. The molecule has 0 radical (unpaired) electrons. The molecule has 5 heteroatoms. The molecule has 0 heterocycles. The Morgan fingerprint density at radius 3 is 2.11 bits per heavy atom. The number of amides is 2. The fraction of sp³-hybridized carbons (Fsp3) is 0.857. The second-order valence-corrected chi connectivity index (χ2v) is 5.86. The van der Waals surface area contributed by atoms with Crippen LogP contribution in [0.1, 0.15) is 52.9 Å². The highest BCUT2D eigenvalue weighted by molar-refractivity contribution is 5.82. The molecule has 3 N–H and O–H groups in total. The summed E-state index contributed by atoms with van der Waals surface area (Å²) in [6.45, 7) is 5.56. The van der Waals surface area contributed by atoms with Crippen LogP contribution in [0.25, 0.3) is 0 Å². The number of urea groups is 1. The van der Waals surface area contributed by atoms with Crippen molar-refractivity contribution < 1.29 is 14.7 Å². The van der Waals surface area contributed by atoms with E-state index in [1.54, 1.807) is 13.8 Å². The van der Waals surface area contributed by atoms with Gasteiger partial charge in [-0.05, 0) is 31.6 Å². The highest BCUT2D eigenvalue weighted by Gasteiger charge is 2.26. The molecular formula is C14H26N2O3. The van der Waals surface area contributed by atoms with Crippen LogP contribution in [-0.2, 0) is 4.79 Å². The number of hydrogen-bond donors (Lipinski definition) is 3. The molecule has 0 aromatic carbocycles. The topological polar surface area (TPSA) is 78.4 Å². The fourth-order valence-electron chi connectivity index (χ4n) is 2.66. The van der Waals surface area contributed by atoms with Gasteiger partial charge in [-0.1, -0.05) is 33.1 Å². The van der Waals surface area contributed by atoms with Gasteiger partial charge < -0.3 is 15.7 Å². The van der Waals surface area contributed by atoms with Crippen LogP contribution in [0.3, 0.4) is 0 Å². The van der Waals surface area contributed by atoms with Gasteiger partial charge in [-0.15, -0.1) is 0 Å². The molecule has 110 valence electrons. The number of carbonyl (C=O) groups is 2. The van der Waals surface area contributed by atoms with E-state index in [9.17, 15) is 9.59 Å². The molecule has 1 unspecified atom stereocenters. The van der Waals surface area contributed by atoms with E-state index in [0.717, 1.165) is 12.8 Å². The number of hydrogen-bond acceptors (Lipinski definition) is 2. The molecule has 0 aliphatic heterocycles. The van der Waals surface area contributed by atoms with Crippen LogP contribution in [0, 0.1) is 11.8 Å². The average Bonchev–Trinajstić information content (AvgIpc) is 2.36. The summed E-state index contributed by atoms with van der Waals surface area (Å²) < 4.78 is 0. The minimum Gasteiger partial charge on any atom is -0.480 e. The summed E-state index contributed by atoms with van der Waals surface area (Å²) >= 11 is 0. The Balaban J connectivity index is 2.42. The molecule has 1 rings (SSSR count). The van der Waals surface area contributed by atoms with Gasteiger partial charge >= 0.3 is 12.0 Å². The molecule has 0 aromatic rings. The molecule has 1 saturated carbocycles. The monoisotopic (exact) mass is 270 g/mol. The summed E-state index contributed by atoms with van der Waals surface area (Å²) in [5.41, 5.74) is 0. The molecule has 0 spiro atoms. The van der Waals surface area contributed by atoms with Gasteiger partial charge in [0, 0.05) is 6.04 Å². The number of rotatable bonds is 5. The molecule has 0 aromatic heterocycles. The van der Waals surface area contributed by atoms with Crippen LogP contribution < -0.4 is 10.6 Å². The maximum Gasteiger partial charge on any atom is 0.326 e. The molecule has 19 heavy (non-hydrogen) atoms. The molecule has 0 saturated heterocycles. The van der Waals surface area contributed by atoms with Crippen molar-refractivity contribution >= 4 is 12.0 Å². The molecule has 2 amide bonds. The predicted octanol–water partition coefficient (Wildman–Crippen LogP) is 2.36. The van der Waals surface area contributed by atoms with Crippen molar-refractivity contribution in [2.24, 2.45) is 11.8 Å². The molecule has 0 bridgehead atoms. The molecule has 1 aliphatic rings. The lowest BCUT2D eigenvalue weighted by Gasteiger charge is -2.29. The van der Waals surface area contributed by atoms with Gasteiger partial charge in [-0.3, -0.25) is 0 Å². The predicted molar refractivity (Wildman–Crippen MR) is 74.0 cm³/mol. The second-order valence-electron chi connectivity index (χ2n) is 5.86. The van der Waals surface area contributed by atoms with E-state index in [2.05, 4.69) is 10.6 Å². The van der Waals surface area contributed by atoms with Crippen LogP contribution in [0.4, 0.5) is 4.79 Å². The summed E-state index contributed by atoms with van der Waals surface area (Å²) in [5, 5.41) is 14.4. The Hall–Kier alpha value is -1.26. The third-order valence-electron chi connectivity index (χ3n) is 3.94. The lowest BCUT2D eigenvalue weighted by molar-refractivity contribution is -0.140. The maximum atomic E-state index is 11.8. The van der Waals surface area contributed by atoms with Gasteiger partial charge in [0.15, 0.2) is 0 Å². The van der Waals surface area contributed by atoms with Crippen molar-refractivity contribution in [3.63, 3.8) is 0 Å². The Labute approximate surface area is 115 Å². The van der Waals surface area contributed by atoms with Gasteiger partial charge in [0.1, 0.15) is 6.04 Å². The summed E-state index contributed by atoms with van der Waals surface area (Å²) in [5.74, 6) is -0.606. The number of nitrogens with one attached hydrogen (secondary N) is 2. The fourth-order valence-corrected chi connectivity index (χ4v) is 2.66. The summed E-state index contributed by atoms with van der Waals surface area (Å²) in [6, 6.07) is -1.11. The van der Waals surface area contributed by atoms with Crippen molar-refractivity contribution in [1.29, 1.82) is 0 Å². The largest absolute Gasteiger partial charge is 0.480 e. The quantitative estimate of drug-likeness (QED) is 0.717. The molecule has 5 nitrogen and oxygen atoms in total. The van der Waals surface area contributed by atoms with E-state index in [-0.39, 0.29) is 18.0 Å². The van der Waals surface area contributed by atoms with Crippen LogP contribution >= 0.6 is 0 Å². The average molecular weight is 270 g/mol. The van der Waals surface area contributed by atoms with Gasteiger partial charge in [-0.25, -0.2) is 9.59 Å². The minimum absolute atomic E-state index is 0.0990. The van der Waals surface area contributed by atoms with Crippen molar-refractivity contribution in [3.8, 4) is 0 Å².